The van der Waals surface area contributed by atoms with Gasteiger partial charge in [-0.15, -0.1) is 0 Å². The number of benzene rings is 1. The van der Waals surface area contributed by atoms with E-state index in [0.29, 0.717) is 5.91 Å². The Morgan fingerprint density at radius 1 is 1.08 bits per heavy atom. The van der Waals surface area contributed by atoms with Crippen molar-refractivity contribution in [2.24, 2.45) is 5.92 Å². The Labute approximate surface area is 148 Å². The Morgan fingerprint density at radius 3 is 2.48 bits per heavy atom. The van der Waals surface area contributed by atoms with Crippen LogP contribution in [0.1, 0.15) is 44.1 Å². The molecule has 1 atom stereocenters. The van der Waals surface area contributed by atoms with Gasteiger partial charge in [-0.3, -0.25) is 4.79 Å². The van der Waals surface area contributed by atoms with Crippen molar-refractivity contribution in [2.45, 2.75) is 44.6 Å². The van der Waals surface area contributed by atoms with Crippen molar-refractivity contribution in [1.29, 1.82) is 0 Å². The van der Waals surface area contributed by atoms with Gasteiger partial charge in [-0.25, -0.2) is 4.79 Å². The number of nitrogens with one attached hydrogen (secondary N) is 1. The van der Waals surface area contributed by atoms with Gasteiger partial charge in [-0.2, -0.15) is 0 Å². The number of anilines is 1. The van der Waals surface area contributed by atoms with Crippen LogP contribution < -0.4 is 5.32 Å². The number of likely N-dealkylation sites (tertiary alicyclic amines) is 1. The first-order chi connectivity index (χ1) is 12.1. The first kappa shape index (κ1) is 17.5. The summed E-state index contributed by atoms with van der Waals surface area (Å²) in [5.41, 5.74) is 1.86. The number of hydrogen-bond donors (Lipinski definition) is 2. The molecule has 0 bridgehead atoms. The summed E-state index contributed by atoms with van der Waals surface area (Å²) in [6.07, 6.45) is 9.44. The zero-order chi connectivity index (χ0) is 17.6. The lowest BCUT2D eigenvalue weighted by atomic mass is 9.88. The van der Waals surface area contributed by atoms with Crippen molar-refractivity contribution in [2.75, 3.05) is 18.4 Å². The molecule has 5 nitrogen and oxygen atoms in total. The summed E-state index contributed by atoms with van der Waals surface area (Å²) in [5.74, 6) is -0.359. The molecule has 0 aromatic heterocycles. The van der Waals surface area contributed by atoms with Crippen LogP contribution in [0.3, 0.4) is 0 Å². The Kier molecular flexibility index (Phi) is 5.74. The molecule has 1 aliphatic carbocycles. The molecule has 3 rings (SSSR count). The quantitative estimate of drug-likeness (QED) is 0.805. The summed E-state index contributed by atoms with van der Waals surface area (Å²) in [6, 6.07) is 7.97. The second kappa shape index (κ2) is 8.19. The molecule has 5 heteroatoms. The van der Waals surface area contributed by atoms with Gasteiger partial charge in [-0.05, 0) is 43.0 Å². The molecule has 1 aromatic carbocycles. The van der Waals surface area contributed by atoms with Crippen molar-refractivity contribution in [3.63, 3.8) is 0 Å². The molecule has 0 unspecified atom stereocenters. The largest absolute Gasteiger partial charge is 0.478 e. The minimum Gasteiger partial charge on any atom is -0.478 e. The highest BCUT2D eigenvalue weighted by atomic mass is 16.4. The van der Waals surface area contributed by atoms with Crippen LogP contribution in [-0.2, 0) is 9.59 Å². The van der Waals surface area contributed by atoms with Crippen LogP contribution in [0.5, 0.6) is 0 Å². The predicted molar refractivity (Wildman–Crippen MR) is 98.3 cm³/mol. The van der Waals surface area contributed by atoms with Crippen LogP contribution in [-0.4, -0.2) is 41.0 Å². The molecule has 0 spiro atoms. The predicted octanol–water partition coefficient (Wildman–Crippen LogP) is 3.38. The number of hydrogen-bond acceptors (Lipinski definition) is 3. The summed E-state index contributed by atoms with van der Waals surface area (Å²) in [7, 11) is 0. The van der Waals surface area contributed by atoms with Crippen LogP contribution in [0, 0.1) is 5.92 Å². The molecule has 1 aromatic rings. The molecular weight excluding hydrogens is 316 g/mol. The molecule has 1 saturated heterocycles. The summed E-state index contributed by atoms with van der Waals surface area (Å²) >= 11 is 0. The highest BCUT2D eigenvalue weighted by Gasteiger charge is 2.31. The van der Waals surface area contributed by atoms with Crippen LogP contribution >= 0.6 is 0 Å². The molecule has 1 heterocycles. The van der Waals surface area contributed by atoms with E-state index in [-0.39, 0.29) is 12.0 Å². The summed E-state index contributed by atoms with van der Waals surface area (Å²) < 4.78 is 0. The first-order valence-electron chi connectivity index (χ1n) is 9.18. The molecular formula is C20H26N2O3. The minimum absolute atomic E-state index is 0.243. The fraction of sp³-hybridized carbons (Fsp3) is 0.500. The third kappa shape index (κ3) is 4.84. The normalized spacial score (nSPS) is 21.6. The Hall–Kier alpha value is -2.30. The Morgan fingerprint density at radius 2 is 1.80 bits per heavy atom. The number of rotatable bonds is 5. The van der Waals surface area contributed by atoms with Crippen LogP contribution in [0.15, 0.2) is 30.3 Å². The molecule has 2 fully saturated rings. The zero-order valence-electron chi connectivity index (χ0n) is 14.5. The lowest BCUT2D eigenvalue weighted by Crippen LogP contribution is -2.36. The van der Waals surface area contributed by atoms with Gasteiger partial charge in [0.25, 0.3) is 0 Å². The maximum atomic E-state index is 12.6. The Balaban J connectivity index is 1.51. The van der Waals surface area contributed by atoms with Gasteiger partial charge in [0.2, 0.25) is 5.91 Å². The highest BCUT2D eigenvalue weighted by molar-refractivity contribution is 5.85. The molecule has 1 saturated carbocycles. The van der Waals surface area contributed by atoms with Gasteiger partial charge in [-0.1, -0.05) is 31.4 Å². The van der Waals surface area contributed by atoms with Crippen molar-refractivity contribution in [3.05, 3.63) is 35.9 Å². The van der Waals surface area contributed by atoms with Crippen molar-refractivity contribution < 1.29 is 14.7 Å². The molecule has 1 aliphatic heterocycles. The third-order valence-electron chi connectivity index (χ3n) is 5.15. The smallest absolute Gasteiger partial charge is 0.328 e. The lowest BCUT2D eigenvalue weighted by molar-refractivity contribution is -0.135. The van der Waals surface area contributed by atoms with E-state index in [0.717, 1.165) is 49.7 Å². The van der Waals surface area contributed by atoms with Gasteiger partial charge >= 0.3 is 5.97 Å². The van der Waals surface area contributed by atoms with E-state index in [1.54, 1.807) is 6.08 Å². The van der Waals surface area contributed by atoms with Crippen LogP contribution in [0.25, 0.3) is 6.08 Å². The first-order valence-corrected chi connectivity index (χ1v) is 9.18. The van der Waals surface area contributed by atoms with Gasteiger partial charge in [0, 0.05) is 36.8 Å². The zero-order valence-corrected chi connectivity index (χ0v) is 14.5. The van der Waals surface area contributed by atoms with Gasteiger partial charge in [0.05, 0.1) is 0 Å². The monoisotopic (exact) mass is 342 g/mol. The van der Waals surface area contributed by atoms with Gasteiger partial charge in [0.1, 0.15) is 0 Å². The number of nitrogens with zero attached hydrogens (tertiary/aromatic N) is 1. The molecule has 2 aliphatic rings. The van der Waals surface area contributed by atoms with Crippen molar-refractivity contribution in [3.8, 4) is 0 Å². The van der Waals surface area contributed by atoms with Crippen molar-refractivity contribution >= 4 is 23.6 Å². The van der Waals surface area contributed by atoms with E-state index >= 15 is 0 Å². The van der Waals surface area contributed by atoms with E-state index in [2.05, 4.69) is 5.32 Å². The Bertz CT molecular complexity index is 633. The van der Waals surface area contributed by atoms with E-state index in [1.165, 1.54) is 19.3 Å². The number of carbonyl (C=O) groups is 2. The maximum absolute atomic E-state index is 12.6. The number of amides is 1. The summed E-state index contributed by atoms with van der Waals surface area (Å²) in [6.45, 7) is 1.61. The van der Waals surface area contributed by atoms with E-state index in [4.69, 9.17) is 5.11 Å². The fourth-order valence-electron chi connectivity index (χ4n) is 3.78. The maximum Gasteiger partial charge on any atom is 0.328 e. The second-order valence-corrected chi connectivity index (χ2v) is 7.04. The summed E-state index contributed by atoms with van der Waals surface area (Å²) in [5, 5.41) is 12.1. The van der Waals surface area contributed by atoms with Crippen LogP contribution in [0.4, 0.5) is 5.69 Å². The fourth-order valence-corrected chi connectivity index (χ4v) is 3.78. The lowest BCUT2D eigenvalue weighted by Gasteiger charge is -2.26. The standard InChI is InChI=1S/C20H26N2O3/c23-19(24)11-8-15-6-9-17(10-7-15)21-18-12-13-22(14-18)20(25)16-4-2-1-3-5-16/h6-11,16,18,21H,1-5,12-14H2,(H,23,24)/b11-8+/t18-/m1/s1. The molecule has 25 heavy (non-hydrogen) atoms. The topological polar surface area (TPSA) is 69.6 Å². The van der Waals surface area contributed by atoms with E-state index in [9.17, 15) is 9.59 Å². The number of carbonyl (C=O) groups excluding carboxylic acids is 1. The SMILES string of the molecule is O=C(O)/C=C/c1ccc(N[C@@H]2CCN(C(=O)C3CCCCC3)C2)cc1. The van der Waals surface area contributed by atoms with E-state index in [1.807, 2.05) is 29.2 Å². The molecule has 1 amide bonds. The van der Waals surface area contributed by atoms with Gasteiger partial charge in [0.15, 0.2) is 0 Å². The highest BCUT2D eigenvalue weighted by Crippen LogP contribution is 2.27. The number of aliphatic carboxylic acids is 1. The number of carboxylic acids is 1. The van der Waals surface area contributed by atoms with Crippen LogP contribution in [0.2, 0.25) is 0 Å². The second-order valence-electron chi connectivity index (χ2n) is 7.04. The summed E-state index contributed by atoms with van der Waals surface area (Å²) in [4.78, 5) is 25.2. The number of carboxylic acid groups (broad SMARTS) is 1. The van der Waals surface area contributed by atoms with Gasteiger partial charge < -0.3 is 15.3 Å². The molecule has 0 radical (unpaired) electrons. The van der Waals surface area contributed by atoms with E-state index < -0.39 is 5.97 Å². The minimum atomic E-state index is -0.948. The average Bonchev–Trinajstić information content (AvgIpc) is 3.09. The van der Waals surface area contributed by atoms with Crippen molar-refractivity contribution in [1.82, 2.24) is 4.90 Å². The average molecular weight is 342 g/mol. The molecule has 2 N–H and O–H groups in total. The molecule has 134 valence electrons. The third-order valence-corrected chi connectivity index (χ3v) is 5.15.